The van der Waals surface area contributed by atoms with Crippen molar-refractivity contribution in [3.8, 4) is 0 Å². The first-order valence-corrected chi connectivity index (χ1v) is 6.68. The average molecular weight is 323 g/mol. The Morgan fingerprint density at radius 2 is 1.95 bits per heavy atom. The molecule has 100 valence electrons. The summed E-state index contributed by atoms with van der Waals surface area (Å²) < 4.78 is 6.05. The molecule has 2 N–H and O–H groups in total. The van der Waals surface area contributed by atoms with Gasteiger partial charge in [-0.1, -0.05) is 12.1 Å². The van der Waals surface area contributed by atoms with E-state index in [9.17, 15) is 4.79 Å². The second-order valence-corrected chi connectivity index (χ2v) is 5.05. The zero-order valence-corrected chi connectivity index (χ0v) is 12.2. The van der Waals surface area contributed by atoms with E-state index in [1.165, 1.54) is 0 Å². The minimum absolute atomic E-state index is 0.0453. The number of carbonyl (C=O) groups is 1. The molecule has 0 atom stereocenters. The predicted molar refractivity (Wildman–Crippen MR) is 76.5 cm³/mol. The molecule has 4 nitrogen and oxygen atoms in total. The number of nitrogens with two attached hydrogens (primary N) is 1. The lowest BCUT2D eigenvalue weighted by molar-refractivity contribution is 0.0775. The van der Waals surface area contributed by atoms with Crippen molar-refractivity contribution in [3.63, 3.8) is 0 Å². The van der Waals surface area contributed by atoms with Gasteiger partial charge in [0.25, 0.3) is 5.91 Å². The largest absolute Gasteiger partial charge is 0.452 e. The first kappa shape index (κ1) is 13.8. The molecule has 1 amide bonds. The van der Waals surface area contributed by atoms with E-state index in [4.69, 9.17) is 10.2 Å². The maximum Gasteiger partial charge on any atom is 0.254 e. The number of hydrogen-bond acceptors (Lipinski definition) is 3. The van der Waals surface area contributed by atoms with Crippen LogP contribution in [0.15, 0.2) is 45.5 Å². The molecule has 0 unspecified atom stereocenters. The van der Waals surface area contributed by atoms with E-state index < -0.39 is 0 Å². The number of halogens is 1. The van der Waals surface area contributed by atoms with Crippen LogP contribution in [0.2, 0.25) is 0 Å². The molecular formula is C14H15BrN2O2. The number of rotatable bonds is 4. The van der Waals surface area contributed by atoms with Gasteiger partial charge in [-0.15, -0.1) is 0 Å². The molecular weight excluding hydrogens is 308 g/mol. The van der Waals surface area contributed by atoms with Crippen LogP contribution in [-0.2, 0) is 13.1 Å². The van der Waals surface area contributed by atoms with E-state index in [-0.39, 0.29) is 5.91 Å². The van der Waals surface area contributed by atoms with E-state index in [0.717, 1.165) is 11.3 Å². The summed E-state index contributed by atoms with van der Waals surface area (Å²) in [6.07, 6.45) is 0. The van der Waals surface area contributed by atoms with Crippen LogP contribution in [0.3, 0.4) is 0 Å². The fourth-order valence-corrected chi connectivity index (χ4v) is 2.09. The number of nitrogens with zero attached hydrogens (tertiary/aromatic N) is 1. The highest BCUT2D eigenvalue weighted by Crippen LogP contribution is 2.16. The van der Waals surface area contributed by atoms with Crippen molar-refractivity contribution < 1.29 is 9.21 Å². The highest BCUT2D eigenvalue weighted by Gasteiger charge is 2.13. The Bertz CT molecular complexity index is 563. The zero-order valence-electron chi connectivity index (χ0n) is 10.6. The monoisotopic (exact) mass is 322 g/mol. The Kier molecular flexibility index (Phi) is 4.39. The third kappa shape index (κ3) is 3.45. The minimum atomic E-state index is -0.0453. The molecule has 2 aromatic rings. The van der Waals surface area contributed by atoms with Crippen molar-refractivity contribution in [2.45, 2.75) is 13.1 Å². The number of amides is 1. The van der Waals surface area contributed by atoms with Crippen LogP contribution in [0.1, 0.15) is 21.7 Å². The van der Waals surface area contributed by atoms with Gasteiger partial charge in [-0.25, -0.2) is 0 Å². The molecule has 0 spiro atoms. The maximum atomic E-state index is 12.2. The van der Waals surface area contributed by atoms with E-state index in [1.807, 2.05) is 24.3 Å². The van der Waals surface area contributed by atoms with Gasteiger partial charge in [-0.2, -0.15) is 0 Å². The summed E-state index contributed by atoms with van der Waals surface area (Å²) in [4.78, 5) is 13.8. The lowest BCUT2D eigenvalue weighted by Gasteiger charge is -2.15. The lowest BCUT2D eigenvalue weighted by atomic mass is 10.1. The smallest absolute Gasteiger partial charge is 0.254 e. The van der Waals surface area contributed by atoms with Crippen molar-refractivity contribution in [2.75, 3.05) is 7.05 Å². The van der Waals surface area contributed by atoms with Crippen LogP contribution < -0.4 is 5.73 Å². The molecule has 0 aliphatic rings. The molecule has 0 saturated heterocycles. The van der Waals surface area contributed by atoms with Crippen LogP contribution in [-0.4, -0.2) is 17.9 Å². The van der Waals surface area contributed by atoms with Gasteiger partial charge in [0, 0.05) is 19.2 Å². The van der Waals surface area contributed by atoms with Crippen molar-refractivity contribution in [2.24, 2.45) is 5.73 Å². The fraction of sp³-hybridized carbons (Fsp3) is 0.214. The van der Waals surface area contributed by atoms with Gasteiger partial charge >= 0.3 is 0 Å². The van der Waals surface area contributed by atoms with Gasteiger partial charge < -0.3 is 15.1 Å². The second-order valence-electron chi connectivity index (χ2n) is 4.27. The van der Waals surface area contributed by atoms with Gasteiger partial charge in [0.05, 0.1) is 6.54 Å². The molecule has 0 fully saturated rings. The molecule has 0 aliphatic carbocycles. The topological polar surface area (TPSA) is 59.5 Å². The Balaban J connectivity index is 2.05. The van der Waals surface area contributed by atoms with E-state index in [2.05, 4.69) is 15.9 Å². The summed E-state index contributed by atoms with van der Waals surface area (Å²) in [5.41, 5.74) is 7.18. The molecule has 5 heteroatoms. The first-order valence-electron chi connectivity index (χ1n) is 5.89. The van der Waals surface area contributed by atoms with Crippen molar-refractivity contribution >= 4 is 21.8 Å². The standard InChI is InChI=1S/C14H15BrN2O2/c1-17(9-12-6-7-13(15)19-12)14(18)11-4-2-10(8-16)3-5-11/h2-7H,8-9,16H2,1H3. The molecule has 1 heterocycles. The number of hydrogen-bond donors (Lipinski definition) is 1. The lowest BCUT2D eigenvalue weighted by Crippen LogP contribution is -2.25. The van der Waals surface area contributed by atoms with Crippen LogP contribution in [0.25, 0.3) is 0 Å². The van der Waals surface area contributed by atoms with Crippen LogP contribution in [0.5, 0.6) is 0 Å². The quantitative estimate of drug-likeness (QED) is 0.941. The first-order chi connectivity index (χ1) is 9.10. The summed E-state index contributed by atoms with van der Waals surface area (Å²) in [6.45, 7) is 0.911. The van der Waals surface area contributed by atoms with Crippen molar-refractivity contribution in [1.29, 1.82) is 0 Å². The highest BCUT2D eigenvalue weighted by molar-refractivity contribution is 9.10. The summed E-state index contributed by atoms with van der Waals surface area (Å²) in [5, 5.41) is 0. The number of furan rings is 1. The third-order valence-electron chi connectivity index (χ3n) is 2.81. The number of benzene rings is 1. The van der Waals surface area contributed by atoms with Gasteiger partial charge in [0.2, 0.25) is 0 Å². The summed E-state index contributed by atoms with van der Waals surface area (Å²) in [5.74, 6) is 0.692. The Hall–Kier alpha value is -1.59. The van der Waals surface area contributed by atoms with E-state index in [1.54, 1.807) is 24.1 Å². The molecule has 1 aromatic carbocycles. The zero-order chi connectivity index (χ0) is 13.8. The molecule has 19 heavy (non-hydrogen) atoms. The van der Waals surface area contributed by atoms with E-state index >= 15 is 0 Å². The summed E-state index contributed by atoms with van der Waals surface area (Å²) >= 11 is 3.24. The highest BCUT2D eigenvalue weighted by atomic mass is 79.9. The normalized spacial score (nSPS) is 10.5. The Morgan fingerprint density at radius 3 is 2.47 bits per heavy atom. The molecule has 0 saturated carbocycles. The van der Waals surface area contributed by atoms with Crippen LogP contribution >= 0.6 is 15.9 Å². The predicted octanol–water partition coefficient (Wildman–Crippen LogP) is 2.77. The molecule has 0 bridgehead atoms. The fourth-order valence-electron chi connectivity index (χ4n) is 1.75. The summed E-state index contributed by atoms with van der Waals surface area (Å²) in [7, 11) is 1.75. The third-order valence-corrected chi connectivity index (χ3v) is 3.23. The van der Waals surface area contributed by atoms with Crippen molar-refractivity contribution in [1.82, 2.24) is 4.90 Å². The van der Waals surface area contributed by atoms with Gasteiger partial charge in [-0.05, 0) is 45.8 Å². The van der Waals surface area contributed by atoms with Gasteiger partial charge in [0.15, 0.2) is 4.67 Å². The minimum Gasteiger partial charge on any atom is -0.452 e. The second kappa shape index (κ2) is 6.04. The van der Waals surface area contributed by atoms with E-state index in [0.29, 0.717) is 23.3 Å². The Labute approximate surface area is 120 Å². The molecule has 1 aromatic heterocycles. The van der Waals surface area contributed by atoms with Crippen molar-refractivity contribution in [3.05, 3.63) is 58.0 Å². The Morgan fingerprint density at radius 1 is 1.26 bits per heavy atom. The molecule has 0 aliphatic heterocycles. The molecule has 0 radical (unpaired) electrons. The SMILES string of the molecule is CN(Cc1ccc(Br)o1)C(=O)c1ccc(CN)cc1. The van der Waals surface area contributed by atoms with Gasteiger partial charge in [-0.3, -0.25) is 4.79 Å². The number of carbonyl (C=O) groups excluding carboxylic acids is 1. The van der Waals surface area contributed by atoms with Gasteiger partial charge in [0.1, 0.15) is 5.76 Å². The van der Waals surface area contributed by atoms with Crippen LogP contribution in [0.4, 0.5) is 0 Å². The summed E-state index contributed by atoms with van der Waals surface area (Å²) in [6, 6.07) is 11.0. The average Bonchev–Trinajstić information content (AvgIpc) is 2.83. The van der Waals surface area contributed by atoms with Crippen LogP contribution in [0, 0.1) is 0 Å². The molecule has 2 rings (SSSR count). The maximum absolute atomic E-state index is 12.2.